The van der Waals surface area contributed by atoms with E-state index < -0.39 is 0 Å². The number of aromatic nitrogens is 2. The molecule has 0 aliphatic carbocycles. The first-order valence-corrected chi connectivity index (χ1v) is 8.23. The zero-order valence-electron chi connectivity index (χ0n) is 12.7. The van der Waals surface area contributed by atoms with Gasteiger partial charge in [0.15, 0.2) is 0 Å². The molecule has 0 fully saturated rings. The number of nitrogens with zero attached hydrogens (tertiary/aromatic N) is 3. The van der Waals surface area contributed by atoms with Crippen molar-refractivity contribution in [3.63, 3.8) is 0 Å². The number of hydrogen-bond donors (Lipinski definition) is 1. The summed E-state index contributed by atoms with van der Waals surface area (Å²) in [6.07, 6.45) is 3.96. The minimum absolute atomic E-state index is 0.815. The second-order valence-corrected chi connectivity index (χ2v) is 5.91. The van der Waals surface area contributed by atoms with Crippen LogP contribution in [0.4, 0.5) is 5.69 Å². The van der Waals surface area contributed by atoms with Gasteiger partial charge >= 0.3 is 0 Å². The molecule has 4 nitrogen and oxygen atoms in total. The lowest BCUT2D eigenvalue weighted by atomic mass is 10.2. The molecule has 0 aliphatic rings. The van der Waals surface area contributed by atoms with Crippen molar-refractivity contribution in [1.29, 1.82) is 0 Å². The minimum Gasteiger partial charge on any atom is -0.378 e. The quantitative estimate of drug-likeness (QED) is 0.789. The Balaban J connectivity index is 1.81. The number of rotatable bonds is 8. The van der Waals surface area contributed by atoms with Crippen molar-refractivity contribution >= 4 is 21.6 Å². The number of likely N-dealkylation sites (N-methyl/N-ethyl adjacent to an activating group) is 1. The van der Waals surface area contributed by atoms with E-state index >= 15 is 0 Å². The number of benzene rings is 1. The molecule has 0 bridgehead atoms. The number of nitrogens with one attached hydrogen (secondary N) is 1. The Labute approximate surface area is 135 Å². The fraction of sp³-hybridized carbons (Fsp3) is 0.438. The summed E-state index contributed by atoms with van der Waals surface area (Å²) in [5.41, 5.74) is 2.33. The molecule has 0 radical (unpaired) electrons. The van der Waals surface area contributed by atoms with E-state index in [1.807, 2.05) is 10.9 Å². The second kappa shape index (κ2) is 8.20. The van der Waals surface area contributed by atoms with E-state index in [0.29, 0.717) is 0 Å². The fourth-order valence-electron chi connectivity index (χ4n) is 2.17. The van der Waals surface area contributed by atoms with Crippen molar-refractivity contribution in [3.8, 4) is 0 Å². The molecule has 0 atom stereocenters. The molecule has 0 aliphatic heterocycles. The largest absolute Gasteiger partial charge is 0.378 e. The Kier molecular flexibility index (Phi) is 6.26. The van der Waals surface area contributed by atoms with Crippen LogP contribution in [-0.2, 0) is 13.1 Å². The number of halogens is 1. The maximum absolute atomic E-state index is 4.40. The highest BCUT2D eigenvalue weighted by molar-refractivity contribution is 9.10. The van der Waals surface area contributed by atoms with E-state index in [0.717, 1.165) is 42.9 Å². The molecule has 21 heavy (non-hydrogen) atoms. The summed E-state index contributed by atoms with van der Waals surface area (Å²) in [6.45, 7) is 9.35. The van der Waals surface area contributed by atoms with Crippen LogP contribution >= 0.6 is 15.9 Å². The Morgan fingerprint density at radius 2 is 1.90 bits per heavy atom. The standard InChI is InChI=1S/C16H23BrN4/c1-3-20(4-2)9-10-21-13-16(12-19-21)18-11-14-5-7-15(17)8-6-14/h5-8,12-13,18H,3-4,9-11H2,1-2H3. The summed E-state index contributed by atoms with van der Waals surface area (Å²) < 4.78 is 3.11. The maximum Gasteiger partial charge on any atom is 0.0729 e. The molecule has 1 aromatic heterocycles. The third kappa shape index (κ3) is 5.17. The predicted molar refractivity (Wildman–Crippen MR) is 91.5 cm³/mol. The summed E-state index contributed by atoms with van der Waals surface area (Å²) >= 11 is 3.45. The van der Waals surface area contributed by atoms with Gasteiger partial charge in [-0.15, -0.1) is 0 Å². The van der Waals surface area contributed by atoms with Crippen LogP contribution in [0.2, 0.25) is 0 Å². The zero-order valence-corrected chi connectivity index (χ0v) is 14.3. The smallest absolute Gasteiger partial charge is 0.0729 e. The lowest BCUT2D eigenvalue weighted by Crippen LogP contribution is -2.27. The Morgan fingerprint density at radius 3 is 2.57 bits per heavy atom. The van der Waals surface area contributed by atoms with Gasteiger partial charge in [0.25, 0.3) is 0 Å². The van der Waals surface area contributed by atoms with Crippen LogP contribution in [-0.4, -0.2) is 34.3 Å². The zero-order chi connectivity index (χ0) is 15.1. The monoisotopic (exact) mass is 350 g/mol. The maximum atomic E-state index is 4.40. The van der Waals surface area contributed by atoms with Crippen LogP contribution < -0.4 is 5.32 Å². The van der Waals surface area contributed by atoms with Crippen molar-refractivity contribution in [2.24, 2.45) is 0 Å². The molecule has 1 N–H and O–H groups in total. The van der Waals surface area contributed by atoms with Crippen molar-refractivity contribution < 1.29 is 0 Å². The molecule has 0 spiro atoms. The highest BCUT2D eigenvalue weighted by Crippen LogP contribution is 2.12. The summed E-state index contributed by atoms with van der Waals surface area (Å²) in [5, 5.41) is 7.81. The molecule has 5 heteroatoms. The molecule has 0 saturated carbocycles. The summed E-state index contributed by atoms with van der Waals surface area (Å²) in [4.78, 5) is 2.40. The van der Waals surface area contributed by atoms with Gasteiger partial charge in [-0.2, -0.15) is 5.10 Å². The molecule has 0 unspecified atom stereocenters. The number of anilines is 1. The van der Waals surface area contributed by atoms with Crippen molar-refractivity contribution in [1.82, 2.24) is 14.7 Å². The third-order valence-electron chi connectivity index (χ3n) is 3.58. The minimum atomic E-state index is 0.815. The van der Waals surface area contributed by atoms with Gasteiger partial charge in [0.2, 0.25) is 0 Å². The van der Waals surface area contributed by atoms with E-state index in [1.54, 1.807) is 0 Å². The molecule has 2 aromatic rings. The van der Waals surface area contributed by atoms with E-state index in [9.17, 15) is 0 Å². The van der Waals surface area contributed by atoms with Gasteiger partial charge in [0.05, 0.1) is 18.4 Å². The molecular weight excluding hydrogens is 328 g/mol. The van der Waals surface area contributed by atoms with E-state index in [4.69, 9.17) is 0 Å². The first kappa shape index (κ1) is 16.0. The average Bonchev–Trinajstić information content (AvgIpc) is 2.96. The summed E-state index contributed by atoms with van der Waals surface area (Å²) in [5.74, 6) is 0. The van der Waals surface area contributed by atoms with Gasteiger partial charge < -0.3 is 10.2 Å². The van der Waals surface area contributed by atoms with Crippen LogP contribution in [0.15, 0.2) is 41.1 Å². The first-order chi connectivity index (χ1) is 10.2. The Hall–Kier alpha value is -1.33. The number of hydrogen-bond acceptors (Lipinski definition) is 3. The SMILES string of the molecule is CCN(CC)CCn1cc(NCc2ccc(Br)cc2)cn1. The lowest BCUT2D eigenvalue weighted by molar-refractivity contribution is 0.285. The normalized spacial score (nSPS) is 11.0. The van der Waals surface area contributed by atoms with E-state index in [2.05, 4.69) is 75.6 Å². The molecule has 114 valence electrons. The summed E-state index contributed by atoms with van der Waals surface area (Å²) in [7, 11) is 0. The van der Waals surface area contributed by atoms with Crippen LogP contribution in [0.25, 0.3) is 0 Å². The molecule has 1 heterocycles. The molecule has 1 aromatic carbocycles. The fourth-order valence-corrected chi connectivity index (χ4v) is 2.43. The first-order valence-electron chi connectivity index (χ1n) is 7.44. The van der Waals surface area contributed by atoms with Crippen LogP contribution in [0.5, 0.6) is 0 Å². The van der Waals surface area contributed by atoms with E-state index in [1.165, 1.54) is 5.56 Å². The molecular formula is C16H23BrN4. The van der Waals surface area contributed by atoms with Gasteiger partial charge in [-0.3, -0.25) is 4.68 Å². The lowest BCUT2D eigenvalue weighted by Gasteiger charge is -2.17. The molecule has 0 saturated heterocycles. The Morgan fingerprint density at radius 1 is 1.19 bits per heavy atom. The van der Waals surface area contributed by atoms with Crippen LogP contribution in [0.1, 0.15) is 19.4 Å². The molecule has 0 amide bonds. The third-order valence-corrected chi connectivity index (χ3v) is 4.11. The van der Waals surface area contributed by atoms with Crippen LogP contribution in [0, 0.1) is 0 Å². The van der Waals surface area contributed by atoms with Gasteiger partial charge in [-0.1, -0.05) is 41.9 Å². The average molecular weight is 351 g/mol. The van der Waals surface area contributed by atoms with Gasteiger partial charge in [0, 0.05) is 23.8 Å². The van der Waals surface area contributed by atoms with Crippen molar-refractivity contribution in [2.45, 2.75) is 26.9 Å². The second-order valence-electron chi connectivity index (χ2n) is 5.00. The van der Waals surface area contributed by atoms with Gasteiger partial charge in [-0.05, 0) is 30.8 Å². The Bertz CT molecular complexity index is 531. The summed E-state index contributed by atoms with van der Waals surface area (Å²) in [6, 6.07) is 8.35. The topological polar surface area (TPSA) is 33.1 Å². The van der Waals surface area contributed by atoms with E-state index in [-0.39, 0.29) is 0 Å². The van der Waals surface area contributed by atoms with Gasteiger partial charge in [0.1, 0.15) is 0 Å². The van der Waals surface area contributed by atoms with Crippen molar-refractivity contribution in [3.05, 3.63) is 46.7 Å². The highest BCUT2D eigenvalue weighted by atomic mass is 79.9. The van der Waals surface area contributed by atoms with Crippen molar-refractivity contribution in [2.75, 3.05) is 25.0 Å². The van der Waals surface area contributed by atoms with Gasteiger partial charge in [-0.25, -0.2) is 0 Å². The predicted octanol–water partition coefficient (Wildman–Crippen LogP) is 3.60. The highest BCUT2D eigenvalue weighted by Gasteiger charge is 2.02. The van der Waals surface area contributed by atoms with Crippen LogP contribution in [0.3, 0.4) is 0 Å². The molecule has 2 rings (SSSR count).